The minimum atomic E-state index is -0.667. The van der Waals surface area contributed by atoms with E-state index in [2.05, 4.69) is 25.5 Å². The predicted octanol–water partition coefficient (Wildman–Crippen LogP) is 1.96. The lowest BCUT2D eigenvalue weighted by atomic mass is 9.75. The van der Waals surface area contributed by atoms with E-state index < -0.39 is 12.0 Å². The second-order valence-electron chi connectivity index (χ2n) is 5.83. The molecule has 18 heavy (non-hydrogen) atoms. The summed E-state index contributed by atoms with van der Waals surface area (Å²) < 4.78 is 10.5. The number of carbonyl (C=O) groups excluding carboxylic acids is 1. The third kappa shape index (κ3) is 4.25. The molecule has 4 heteroatoms. The van der Waals surface area contributed by atoms with Gasteiger partial charge < -0.3 is 15.2 Å². The molecule has 0 amide bonds. The molecular formula is C14H27NO3. The average Bonchev–Trinajstić information content (AvgIpc) is 2.34. The van der Waals surface area contributed by atoms with Gasteiger partial charge in [0.2, 0.25) is 0 Å². The summed E-state index contributed by atoms with van der Waals surface area (Å²) >= 11 is 0. The van der Waals surface area contributed by atoms with Gasteiger partial charge in [0.15, 0.2) is 0 Å². The molecule has 0 aromatic carbocycles. The van der Waals surface area contributed by atoms with Crippen molar-refractivity contribution in [2.24, 2.45) is 23.5 Å². The molecule has 2 N–H and O–H groups in total. The van der Waals surface area contributed by atoms with Crippen LogP contribution < -0.4 is 5.73 Å². The Morgan fingerprint density at radius 2 is 2.06 bits per heavy atom. The highest BCUT2D eigenvalue weighted by Gasteiger charge is 2.32. The molecular weight excluding hydrogens is 230 g/mol. The fraction of sp³-hybridized carbons (Fsp3) is 0.929. The fourth-order valence-electron chi connectivity index (χ4n) is 2.75. The lowest BCUT2D eigenvalue weighted by Gasteiger charge is -2.37. The summed E-state index contributed by atoms with van der Waals surface area (Å²) in [7, 11) is 1.35. The van der Waals surface area contributed by atoms with E-state index in [-0.39, 0.29) is 12.7 Å². The van der Waals surface area contributed by atoms with Crippen LogP contribution in [-0.4, -0.2) is 31.8 Å². The first-order valence-electron chi connectivity index (χ1n) is 6.90. The first kappa shape index (κ1) is 15.4. The molecule has 0 spiro atoms. The molecule has 0 saturated heterocycles. The van der Waals surface area contributed by atoms with Gasteiger partial charge in [-0.05, 0) is 30.6 Å². The molecule has 0 heterocycles. The van der Waals surface area contributed by atoms with Crippen LogP contribution in [0.25, 0.3) is 0 Å². The Hall–Kier alpha value is -0.610. The van der Waals surface area contributed by atoms with Crippen LogP contribution in [-0.2, 0) is 14.3 Å². The Kier molecular flexibility index (Phi) is 6.09. The van der Waals surface area contributed by atoms with Gasteiger partial charge in [-0.25, -0.2) is 0 Å². The Balaban J connectivity index is 2.48. The van der Waals surface area contributed by atoms with Crippen LogP contribution in [0.15, 0.2) is 0 Å². The van der Waals surface area contributed by atoms with Crippen LogP contribution in [0, 0.1) is 17.8 Å². The van der Waals surface area contributed by atoms with Crippen LogP contribution in [0.1, 0.15) is 40.0 Å². The first-order valence-corrected chi connectivity index (χ1v) is 6.90. The number of ether oxygens (including phenoxy) is 2. The molecule has 0 bridgehead atoms. The van der Waals surface area contributed by atoms with Crippen LogP contribution >= 0.6 is 0 Å². The van der Waals surface area contributed by atoms with E-state index in [4.69, 9.17) is 10.5 Å². The lowest BCUT2D eigenvalue weighted by molar-refractivity contribution is -0.145. The van der Waals surface area contributed by atoms with Crippen LogP contribution in [0.4, 0.5) is 0 Å². The molecule has 0 radical (unpaired) electrons. The highest BCUT2D eigenvalue weighted by atomic mass is 16.5. The SMILES string of the molecule is COC(=O)C(N)COC1CC(C)CCC1C(C)C. The monoisotopic (exact) mass is 257 g/mol. The first-order chi connectivity index (χ1) is 8.45. The standard InChI is InChI=1S/C14H27NO3/c1-9(2)11-6-5-10(3)7-13(11)18-8-12(15)14(16)17-4/h9-13H,5-8,15H2,1-4H3. The molecule has 1 saturated carbocycles. The zero-order valence-electron chi connectivity index (χ0n) is 12.0. The molecule has 0 aromatic heterocycles. The number of nitrogens with two attached hydrogens (primary N) is 1. The lowest BCUT2D eigenvalue weighted by Crippen LogP contribution is -2.41. The largest absolute Gasteiger partial charge is 0.468 e. The average molecular weight is 257 g/mol. The summed E-state index contributed by atoms with van der Waals surface area (Å²) in [6.07, 6.45) is 3.77. The van der Waals surface area contributed by atoms with Crippen molar-refractivity contribution in [3.63, 3.8) is 0 Å². The van der Waals surface area contributed by atoms with Crippen LogP contribution in [0.2, 0.25) is 0 Å². The van der Waals surface area contributed by atoms with Crippen molar-refractivity contribution in [2.45, 2.75) is 52.2 Å². The van der Waals surface area contributed by atoms with Crippen molar-refractivity contribution in [1.82, 2.24) is 0 Å². The third-order valence-corrected chi connectivity index (χ3v) is 3.96. The maximum Gasteiger partial charge on any atom is 0.325 e. The maximum atomic E-state index is 11.2. The summed E-state index contributed by atoms with van der Waals surface area (Å²) in [5.41, 5.74) is 5.70. The maximum absolute atomic E-state index is 11.2. The Bertz CT molecular complexity index is 268. The van der Waals surface area contributed by atoms with Crippen molar-refractivity contribution in [3.8, 4) is 0 Å². The normalized spacial score (nSPS) is 30.2. The molecule has 4 atom stereocenters. The van der Waals surface area contributed by atoms with E-state index in [1.165, 1.54) is 20.0 Å². The van der Waals surface area contributed by atoms with Gasteiger partial charge in [-0.3, -0.25) is 4.79 Å². The van der Waals surface area contributed by atoms with Gasteiger partial charge in [0.05, 0.1) is 19.8 Å². The van der Waals surface area contributed by atoms with E-state index in [1.807, 2.05) is 0 Å². The van der Waals surface area contributed by atoms with Crippen LogP contribution in [0.5, 0.6) is 0 Å². The highest BCUT2D eigenvalue weighted by molar-refractivity contribution is 5.75. The Morgan fingerprint density at radius 1 is 1.39 bits per heavy atom. The highest BCUT2D eigenvalue weighted by Crippen LogP contribution is 2.35. The molecule has 1 fully saturated rings. The minimum absolute atomic E-state index is 0.226. The summed E-state index contributed by atoms with van der Waals surface area (Å²) in [6, 6.07) is -0.667. The number of rotatable bonds is 5. The molecule has 4 unspecified atom stereocenters. The fourth-order valence-corrected chi connectivity index (χ4v) is 2.75. The van der Waals surface area contributed by atoms with Crippen LogP contribution in [0.3, 0.4) is 0 Å². The molecule has 1 aliphatic rings. The number of hydrogen-bond donors (Lipinski definition) is 1. The molecule has 1 aliphatic carbocycles. The molecule has 0 aliphatic heterocycles. The molecule has 0 aromatic rings. The molecule has 106 valence electrons. The van der Waals surface area contributed by atoms with Crippen molar-refractivity contribution >= 4 is 5.97 Å². The van der Waals surface area contributed by atoms with Gasteiger partial charge in [0.25, 0.3) is 0 Å². The van der Waals surface area contributed by atoms with Gasteiger partial charge in [0, 0.05) is 0 Å². The van der Waals surface area contributed by atoms with E-state index in [0.29, 0.717) is 17.8 Å². The number of methoxy groups -OCH3 is 1. The Morgan fingerprint density at radius 3 is 2.61 bits per heavy atom. The smallest absolute Gasteiger partial charge is 0.325 e. The molecule has 1 rings (SSSR count). The predicted molar refractivity (Wildman–Crippen MR) is 71.1 cm³/mol. The summed E-state index contributed by atoms with van der Waals surface area (Å²) in [4.78, 5) is 11.2. The minimum Gasteiger partial charge on any atom is -0.468 e. The Labute approximate surface area is 110 Å². The zero-order chi connectivity index (χ0) is 13.7. The van der Waals surface area contributed by atoms with Gasteiger partial charge >= 0.3 is 5.97 Å². The van der Waals surface area contributed by atoms with E-state index in [1.54, 1.807) is 0 Å². The number of esters is 1. The zero-order valence-corrected chi connectivity index (χ0v) is 12.0. The summed E-state index contributed by atoms with van der Waals surface area (Å²) in [5.74, 6) is 1.47. The van der Waals surface area contributed by atoms with E-state index in [0.717, 1.165) is 6.42 Å². The third-order valence-electron chi connectivity index (χ3n) is 3.96. The van der Waals surface area contributed by atoms with Crippen molar-refractivity contribution < 1.29 is 14.3 Å². The number of hydrogen-bond acceptors (Lipinski definition) is 4. The van der Waals surface area contributed by atoms with Crippen molar-refractivity contribution in [2.75, 3.05) is 13.7 Å². The van der Waals surface area contributed by atoms with E-state index >= 15 is 0 Å². The molecule has 4 nitrogen and oxygen atoms in total. The van der Waals surface area contributed by atoms with Crippen molar-refractivity contribution in [3.05, 3.63) is 0 Å². The van der Waals surface area contributed by atoms with Gasteiger partial charge in [0.1, 0.15) is 6.04 Å². The summed E-state index contributed by atoms with van der Waals surface area (Å²) in [6.45, 7) is 6.98. The quantitative estimate of drug-likeness (QED) is 0.765. The van der Waals surface area contributed by atoms with E-state index in [9.17, 15) is 4.79 Å². The van der Waals surface area contributed by atoms with Crippen molar-refractivity contribution in [1.29, 1.82) is 0 Å². The topological polar surface area (TPSA) is 61.5 Å². The second-order valence-corrected chi connectivity index (χ2v) is 5.83. The van der Waals surface area contributed by atoms with Gasteiger partial charge in [-0.15, -0.1) is 0 Å². The van der Waals surface area contributed by atoms with Gasteiger partial charge in [-0.2, -0.15) is 0 Å². The van der Waals surface area contributed by atoms with Gasteiger partial charge in [-0.1, -0.05) is 27.2 Å². The summed E-state index contributed by atoms with van der Waals surface area (Å²) in [5, 5.41) is 0. The second kappa shape index (κ2) is 7.10. The number of carbonyl (C=O) groups is 1.